The number of anilines is 1. The van der Waals surface area contributed by atoms with Gasteiger partial charge in [0, 0.05) is 57.2 Å². The Kier molecular flexibility index (Phi) is 6.72. The van der Waals surface area contributed by atoms with Gasteiger partial charge in [-0.05, 0) is 42.5 Å². The number of hydrogen-bond acceptors (Lipinski definition) is 5. The SMILES string of the molecule is O=C(NCCN1CCN(c2ncccn2)CC1)c1ccc(C2CCCCC2)cc1. The van der Waals surface area contributed by atoms with Crippen molar-refractivity contribution in [1.82, 2.24) is 20.2 Å². The lowest BCUT2D eigenvalue weighted by Gasteiger charge is -2.34. The largest absolute Gasteiger partial charge is 0.351 e. The minimum Gasteiger partial charge on any atom is -0.351 e. The van der Waals surface area contributed by atoms with Gasteiger partial charge in [-0.1, -0.05) is 31.4 Å². The Balaban J connectivity index is 1.18. The molecule has 0 radical (unpaired) electrons. The first-order valence-electron chi connectivity index (χ1n) is 10.9. The van der Waals surface area contributed by atoms with E-state index < -0.39 is 0 Å². The van der Waals surface area contributed by atoms with E-state index >= 15 is 0 Å². The third-order valence-corrected chi connectivity index (χ3v) is 6.17. The molecule has 1 aromatic carbocycles. The summed E-state index contributed by atoms with van der Waals surface area (Å²) in [6, 6.07) is 10.1. The van der Waals surface area contributed by atoms with Gasteiger partial charge in [-0.25, -0.2) is 9.97 Å². The lowest BCUT2D eigenvalue weighted by Crippen LogP contribution is -2.49. The Hall–Kier alpha value is -2.47. The molecule has 1 saturated carbocycles. The lowest BCUT2D eigenvalue weighted by molar-refractivity contribution is 0.0947. The fourth-order valence-corrected chi connectivity index (χ4v) is 4.40. The van der Waals surface area contributed by atoms with Crippen LogP contribution < -0.4 is 10.2 Å². The maximum absolute atomic E-state index is 12.5. The highest BCUT2D eigenvalue weighted by Gasteiger charge is 2.19. The Morgan fingerprint density at radius 2 is 1.66 bits per heavy atom. The van der Waals surface area contributed by atoms with E-state index in [4.69, 9.17) is 0 Å². The van der Waals surface area contributed by atoms with Crippen LogP contribution in [-0.2, 0) is 0 Å². The summed E-state index contributed by atoms with van der Waals surface area (Å²) < 4.78 is 0. The fraction of sp³-hybridized carbons (Fsp3) is 0.522. The van der Waals surface area contributed by atoms with E-state index in [1.807, 2.05) is 18.2 Å². The molecule has 2 fully saturated rings. The third-order valence-electron chi connectivity index (χ3n) is 6.17. The average Bonchev–Trinajstić information content (AvgIpc) is 2.81. The molecule has 29 heavy (non-hydrogen) atoms. The fourth-order valence-electron chi connectivity index (χ4n) is 4.40. The molecular weight excluding hydrogens is 362 g/mol. The topological polar surface area (TPSA) is 61.4 Å². The summed E-state index contributed by atoms with van der Waals surface area (Å²) >= 11 is 0. The molecule has 2 heterocycles. The summed E-state index contributed by atoms with van der Waals surface area (Å²) in [5.41, 5.74) is 2.15. The Labute approximate surface area is 173 Å². The van der Waals surface area contributed by atoms with Crippen molar-refractivity contribution in [1.29, 1.82) is 0 Å². The first-order chi connectivity index (χ1) is 14.3. The molecule has 6 heteroatoms. The third kappa shape index (κ3) is 5.32. The second-order valence-electron chi connectivity index (χ2n) is 8.09. The van der Waals surface area contributed by atoms with Gasteiger partial charge in [-0.15, -0.1) is 0 Å². The Bertz CT molecular complexity index is 766. The molecule has 0 bridgehead atoms. The molecule has 1 aliphatic carbocycles. The van der Waals surface area contributed by atoms with Crippen molar-refractivity contribution in [2.75, 3.05) is 44.2 Å². The van der Waals surface area contributed by atoms with Gasteiger partial charge in [-0.3, -0.25) is 9.69 Å². The maximum atomic E-state index is 12.5. The highest BCUT2D eigenvalue weighted by atomic mass is 16.1. The Morgan fingerprint density at radius 1 is 0.966 bits per heavy atom. The number of aromatic nitrogens is 2. The van der Waals surface area contributed by atoms with Crippen molar-refractivity contribution in [2.24, 2.45) is 0 Å². The summed E-state index contributed by atoms with van der Waals surface area (Å²) in [7, 11) is 0. The smallest absolute Gasteiger partial charge is 0.251 e. The summed E-state index contributed by atoms with van der Waals surface area (Å²) in [6.07, 6.45) is 10.2. The van der Waals surface area contributed by atoms with Crippen LogP contribution in [0.25, 0.3) is 0 Å². The highest BCUT2D eigenvalue weighted by Crippen LogP contribution is 2.32. The normalized spacial score (nSPS) is 18.6. The molecule has 2 aliphatic rings. The number of carbonyl (C=O) groups excluding carboxylic acids is 1. The molecule has 1 aliphatic heterocycles. The lowest BCUT2D eigenvalue weighted by atomic mass is 9.84. The van der Waals surface area contributed by atoms with Gasteiger partial charge in [0.15, 0.2) is 0 Å². The molecule has 6 nitrogen and oxygen atoms in total. The predicted octanol–water partition coefficient (Wildman–Crippen LogP) is 3.08. The molecule has 1 amide bonds. The molecular formula is C23H31N5O. The summed E-state index contributed by atoms with van der Waals surface area (Å²) in [4.78, 5) is 25.7. The zero-order valence-corrected chi connectivity index (χ0v) is 17.1. The molecule has 0 atom stereocenters. The van der Waals surface area contributed by atoms with E-state index in [2.05, 4.69) is 37.2 Å². The van der Waals surface area contributed by atoms with E-state index in [-0.39, 0.29) is 5.91 Å². The van der Waals surface area contributed by atoms with Crippen molar-refractivity contribution in [2.45, 2.75) is 38.0 Å². The molecule has 0 spiro atoms. The number of amides is 1. The minimum absolute atomic E-state index is 0.0246. The van der Waals surface area contributed by atoms with Crippen LogP contribution in [0.3, 0.4) is 0 Å². The van der Waals surface area contributed by atoms with Crippen LogP contribution in [0.2, 0.25) is 0 Å². The molecule has 1 saturated heterocycles. The van der Waals surface area contributed by atoms with Gasteiger partial charge in [0.2, 0.25) is 5.95 Å². The quantitative estimate of drug-likeness (QED) is 0.817. The zero-order valence-electron chi connectivity index (χ0n) is 17.1. The summed E-state index contributed by atoms with van der Waals surface area (Å²) in [5, 5.41) is 3.07. The number of nitrogens with zero attached hydrogens (tertiary/aromatic N) is 4. The van der Waals surface area contributed by atoms with Crippen LogP contribution in [0, 0.1) is 0 Å². The maximum Gasteiger partial charge on any atom is 0.251 e. The molecule has 0 unspecified atom stereocenters. The van der Waals surface area contributed by atoms with Gasteiger partial charge < -0.3 is 10.2 Å². The molecule has 1 aromatic heterocycles. The van der Waals surface area contributed by atoms with Gasteiger partial charge in [0.1, 0.15) is 0 Å². The molecule has 1 N–H and O–H groups in total. The standard InChI is InChI=1S/C23H31N5O/c29-22(21-9-7-20(8-10-21)19-5-2-1-3-6-19)24-13-14-27-15-17-28(18-16-27)23-25-11-4-12-26-23/h4,7-12,19H,1-3,5-6,13-18H2,(H,24,29). The summed E-state index contributed by atoms with van der Waals surface area (Å²) in [6.45, 7) is 5.30. The van der Waals surface area contributed by atoms with Crippen molar-refractivity contribution >= 4 is 11.9 Å². The molecule has 4 rings (SSSR count). The first kappa shape index (κ1) is 19.8. The van der Waals surface area contributed by atoms with Crippen LogP contribution in [0.1, 0.15) is 53.9 Å². The summed E-state index contributed by atoms with van der Waals surface area (Å²) in [5.74, 6) is 1.51. The van der Waals surface area contributed by atoms with Crippen LogP contribution >= 0.6 is 0 Å². The molecule has 2 aromatic rings. The minimum atomic E-state index is 0.0246. The van der Waals surface area contributed by atoms with Crippen molar-refractivity contribution in [3.05, 3.63) is 53.9 Å². The number of benzene rings is 1. The Morgan fingerprint density at radius 3 is 2.34 bits per heavy atom. The average molecular weight is 394 g/mol. The van der Waals surface area contributed by atoms with E-state index in [9.17, 15) is 4.79 Å². The van der Waals surface area contributed by atoms with Crippen LogP contribution in [0.15, 0.2) is 42.7 Å². The monoisotopic (exact) mass is 393 g/mol. The number of nitrogens with one attached hydrogen (secondary N) is 1. The van der Waals surface area contributed by atoms with Crippen molar-refractivity contribution < 1.29 is 4.79 Å². The van der Waals surface area contributed by atoms with Crippen LogP contribution in [0.4, 0.5) is 5.95 Å². The van der Waals surface area contributed by atoms with E-state index in [1.165, 1.54) is 37.7 Å². The van der Waals surface area contributed by atoms with Gasteiger partial charge in [0.05, 0.1) is 0 Å². The number of carbonyl (C=O) groups is 1. The number of piperazine rings is 1. The van der Waals surface area contributed by atoms with Crippen molar-refractivity contribution in [3.63, 3.8) is 0 Å². The first-order valence-corrected chi connectivity index (χ1v) is 10.9. The van der Waals surface area contributed by atoms with E-state index in [0.29, 0.717) is 12.5 Å². The number of rotatable bonds is 6. The van der Waals surface area contributed by atoms with Crippen LogP contribution in [0.5, 0.6) is 0 Å². The van der Waals surface area contributed by atoms with E-state index in [0.717, 1.165) is 44.2 Å². The second kappa shape index (κ2) is 9.83. The van der Waals surface area contributed by atoms with Crippen molar-refractivity contribution in [3.8, 4) is 0 Å². The molecule has 154 valence electrons. The highest BCUT2D eigenvalue weighted by molar-refractivity contribution is 5.94. The zero-order chi connectivity index (χ0) is 19.9. The number of hydrogen-bond donors (Lipinski definition) is 1. The van der Waals surface area contributed by atoms with Gasteiger partial charge >= 0.3 is 0 Å². The van der Waals surface area contributed by atoms with Gasteiger partial charge in [-0.2, -0.15) is 0 Å². The predicted molar refractivity (Wildman–Crippen MR) is 115 cm³/mol. The van der Waals surface area contributed by atoms with Crippen LogP contribution in [-0.4, -0.2) is 60.0 Å². The second-order valence-corrected chi connectivity index (χ2v) is 8.09. The van der Waals surface area contributed by atoms with E-state index in [1.54, 1.807) is 12.4 Å². The van der Waals surface area contributed by atoms with Gasteiger partial charge in [0.25, 0.3) is 5.91 Å².